The minimum Gasteiger partial charge on any atom is -0.316 e. The number of nitrogens with two attached hydrogens (primary N) is 1. The molecule has 0 amide bonds. The first-order chi connectivity index (χ1) is 8.11. The molecule has 0 atom stereocenters. The first-order valence-corrected chi connectivity index (χ1v) is 6.05. The number of hydrogen-bond donors (Lipinski definition) is 2. The average molecular weight is 233 g/mol. The lowest BCUT2D eigenvalue weighted by Crippen LogP contribution is -2.31. The Morgan fingerprint density at radius 2 is 2.00 bits per heavy atom. The van der Waals surface area contributed by atoms with Crippen LogP contribution in [0.3, 0.4) is 0 Å². The van der Waals surface area contributed by atoms with Gasteiger partial charge in [-0.2, -0.15) is 0 Å². The summed E-state index contributed by atoms with van der Waals surface area (Å²) in [5.41, 5.74) is 4.70. The van der Waals surface area contributed by atoms with Crippen LogP contribution in [0.25, 0.3) is 0 Å². The average Bonchev–Trinajstić information content (AvgIpc) is 2.35. The summed E-state index contributed by atoms with van der Waals surface area (Å²) in [5, 5.41) is 4.96. The van der Waals surface area contributed by atoms with Crippen molar-refractivity contribution < 1.29 is 0 Å². The second-order valence-corrected chi connectivity index (χ2v) is 4.23. The third kappa shape index (κ3) is 3.32. The van der Waals surface area contributed by atoms with Gasteiger partial charge in [-0.1, -0.05) is 25.1 Å². The summed E-state index contributed by atoms with van der Waals surface area (Å²) < 4.78 is 0. The van der Waals surface area contributed by atoms with E-state index in [9.17, 15) is 0 Å². The summed E-state index contributed by atoms with van der Waals surface area (Å²) in [4.78, 5) is 0. The summed E-state index contributed by atoms with van der Waals surface area (Å²) in [6.45, 7) is 7.18. The molecule has 0 fully saturated rings. The maximum absolute atomic E-state index is 6.19. The Hall–Kier alpha value is -1.32. The maximum Gasteiger partial charge on any atom is 0.0600 e. The largest absolute Gasteiger partial charge is 0.316 e. The minimum atomic E-state index is 0.877. The number of aryl methyl sites for hydroxylation is 1. The lowest BCUT2D eigenvalue weighted by atomic mass is 10.1. The summed E-state index contributed by atoms with van der Waals surface area (Å²) in [7, 11) is 1.96. The van der Waals surface area contributed by atoms with Crippen LogP contribution in [0.1, 0.15) is 25.8 Å². The van der Waals surface area contributed by atoms with Crippen LogP contribution in [0.5, 0.6) is 0 Å². The van der Waals surface area contributed by atoms with Crippen molar-refractivity contribution in [2.45, 2.75) is 27.2 Å². The molecule has 0 bridgehead atoms. The Kier molecular flexibility index (Phi) is 5.19. The number of hydrogen-bond acceptors (Lipinski definition) is 3. The fourth-order valence-electron chi connectivity index (χ4n) is 1.91. The molecule has 1 rings (SSSR count). The molecule has 0 unspecified atom stereocenters. The normalized spacial score (nSPS) is 12.3. The van der Waals surface area contributed by atoms with Gasteiger partial charge in [0, 0.05) is 12.2 Å². The topological polar surface area (TPSA) is 41.3 Å². The van der Waals surface area contributed by atoms with Crippen LogP contribution in [0.15, 0.2) is 35.5 Å². The van der Waals surface area contributed by atoms with Crippen molar-refractivity contribution in [3.05, 3.63) is 41.1 Å². The summed E-state index contributed by atoms with van der Waals surface area (Å²) >= 11 is 0. The van der Waals surface area contributed by atoms with E-state index in [1.54, 1.807) is 5.01 Å². The second-order valence-electron chi connectivity index (χ2n) is 4.23. The molecule has 94 valence electrons. The number of nitrogens with one attached hydrogen (secondary N) is 1. The molecule has 17 heavy (non-hydrogen) atoms. The van der Waals surface area contributed by atoms with Crippen molar-refractivity contribution in [1.82, 2.24) is 5.32 Å². The zero-order valence-corrected chi connectivity index (χ0v) is 11.2. The van der Waals surface area contributed by atoms with Gasteiger partial charge in [0.2, 0.25) is 0 Å². The van der Waals surface area contributed by atoms with Crippen LogP contribution in [0.2, 0.25) is 0 Å². The fourth-order valence-corrected chi connectivity index (χ4v) is 1.91. The van der Waals surface area contributed by atoms with Crippen molar-refractivity contribution in [1.29, 1.82) is 0 Å². The molecule has 1 aromatic rings. The highest BCUT2D eigenvalue weighted by atomic mass is 15.4. The predicted molar refractivity (Wildman–Crippen MR) is 74.8 cm³/mol. The molecule has 1 aromatic carbocycles. The van der Waals surface area contributed by atoms with Crippen LogP contribution < -0.4 is 16.2 Å². The van der Waals surface area contributed by atoms with Gasteiger partial charge < -0.3 is 5.32 Å². The number of hydrazine groups is 1. The molecule has 0 heterocycles. The summed E-state index contributed by atoms with van der Waals surface area (Å²) in [6.07, 6.45) is 1.01. The summed E-state index contributed by atoms with van der Waals surface area (Å²) in [5.74, 6) is 6.19. The zero-order valence-electron chi connectivity index (χ0n) is 11.2. The van der Waals surface area contributed by atoms with E-state index < -0.39 is 0 Å². The van der Waals surface area contributed by atoms with Gasteiger partial charge in [0.25, 0.3) is 0 Å². The van der Waals surface area contributed by atoms with Gasteiger partial charge in [0.1, 0.15) is 0 Å². The molecule has 3 nitrogen and oxygen atoms in total. The molecule has 0 saturated carbocycles. The van der Waals surface area contributed by atoms with Crippen molar-refractivity contribution in [2.24, 2.45) is 5.84 Å². The van der Waals surface area contributed by atoms with E-state index in [4.69, 9.17) is 5.84 Å². The highest BCUT2D eigenvalue weighted by Crippen LogP contribution is 2.22. The minimum absolute atomic E-state index is 0.877. The van der Waals surface area contributed by atoms with Gasteiger partial charge >= 0.3 is 0 Å². The number of allylic oxidation sites excluding steroid dienone is 1. The van der Waals surface area contributed by atoms with Crippen LogP contribution in [-0.4, -0.2) is 13.6 Å². The molecule has 0 radical (unpaired) electrons. The fraction of sp³-hybridized carbons (Fsp3) is 0.429. The van der Waals surface area contributed by atoms with Crippen molar-refractivity contribution in [3.63, 3.8) is 0 Å². The SMILES string of the molecule is CC/C(CNC)=C(/C)N(N)c1ccccc1C. The quantitative estimate of drug-likeness (QED) is 0.606. The van der Waals surface area contributed by atoms with Crippen LogP contribution in [0.4, 0.5) is 5.69 Å². The molecule has 0 aliphatic carbocycles. The van der Waals surface area contributed by atoms with E-state index in [1.807, 2.05) is 25.2 Å². The van der Waals surface area contributed by atoms with Crippen molar-refractivity contribution in [2.75, 3.05) is 18.6 Å². The number of para-hydroxylation sites is 1. The predicted octanol–water partition coefficient (Wildman–Crippen LogP) is 2.58. The highest BCUT2D eigenvalue weighted by molar-refractivity contribution is 5.56. The van der Waals surface area contributed by atoms with E-state index in [0.29, 0.717) is 0 Å². The number of nitrogens with zero attached hydrogens (tertiary/aromatic N) is 1. The molecule has 3 N–H and O–H groups in total. The monoisotopic (exact) mass is 233 g/mol. The first kappa shape index (κ1) is 13.7. The zero-order chi connectivity index (χ0) is 12.8. The second kappa shape index (κ2) is 6.42. The van der Waals surface area contributed by atoms with Crippen LogP contribution in [-0.2, 0) is 0 Å². The molecule has 0 aliphatic rings. The molecular formula is C14H23N3. The van der Waals surface area contributed by atoms with Crippen molar-refractivity contribution in [3.8, 4) is 0 Å². The third-order valence-electron chi connectivity index (χ3n) is 3.06. The Bertz CT molecular complexity index is 396. The molecule has 0 saturated heterocycles. The van der Waals surface area contributed by atoms with Gasteiger partial charge in [-0.25, -0.2) is 5.84 Å². The molecular weight excluding hydrogens is 210 g/mol. The van der Waals surface area contributed by atoms with E-state index >= 15 is 0 Å². The molecule has 0 spiro atoms. The lowest BCUT2D eigenvalue weighted by Gasteiger charge is -2.24. The third-order valence-corrected chi connectivity index (χ3v) is 3.06. The highest BCUT2D eigenvalue weighted by Gasteiger charge is 2.09. The first-order valence-electron chi connectivity index (χ1n) is 6.05. The molecule has 3 heteroatoms. The van der Waals surface area contributed by atoms with Gasteiger partial charge in [-0.15, -0.1) is 0 Å². The van der Waals surface area contributed by atoms with E-state index in [2.05, 4.69) is 32.2 Å². The van der Waals surface area contributed by atoms with Gasteiger partial charge in [0.05, 0.1) is 5.69 Å². The van der Waals surface area contributed by atoms with E-state index in [1.165, 1.54) is 11.1 Å². The number of rotatable bonds is 5. The number of benzene rings is 1. The maximum atomic E-state index is 6.19. The Morgan fingerprint density at radius 3 is 2.53 bits per heavy atom. The number of anilines is 1. The molecule has 0 aliphatic heterocycles. The van der Waals surface area contributed by atoms with E-state index in [0.717, 1.165) is 24.4 Å². The lowest BCUT2D eigenvalue weighted by molar-refractivity contribution is 0.812. The van der Waals surface area contributed by atoms with Gasteiger partial charge in [0.15, 0.2) is 0 Å². The van der Waals surface area contributed by atoms with Crippen molar-refractivity contribution >= 4 is 5.69 Å². The smallest absolute Gasteiger partial charge is 0.0600 e. The van der Waals surface area contributed by atoms with E-state index in [-0.39, 0.29) is 0 Å². The van der Waals surface area contributed by atoms with Crippen LogP contribution >= 0.6 is 0 Å². The number of likely N-dealkylation sites (N-methyl/N-ethyl adjacent to an activating group) is 1. The van der Waals surface area contributed by atoms with Gasteiger partial charge in [-0.05, 0) is 44.5 Å². The Balaban J connectivity index is 3.03. The van der Waals surface area contributed by atoms with Crippen LogP contribution in [0, 0.1) is 6.92 Å². The standard InChI is InChI=1S/C14H23N3/c1-5-13(10-16-4)12(3)17(15)14-9-7-6-8-11(14)2/h6-9,16H,5,10,15H2,1-4H3/b13-12+. The Morgan fingerprint density at radius 1 is 1.35 bits per heavy atom. The Labute approximate surface area is 104 Å². The van der Waals surface area contributed by atoms with Gasteiger partial charge in [-0.3, -0.25) is 5.01 Å². The molecule has 0 aromatic heterocycles. The summed E-state index contributed by atoms with van der Waals surface area (Å²) in [6, 6.07) is 8.16.